The smallest absolute Gasteiger partial charge is 0.191 e. The molecule has 0 heterocycles. The van der Waals surface area contributed by atoms with E-state index in [2.05, 4.69) is 58.1 Å². The molecule has 0 aliphatic rings. The van der Waals surface area contributed by atoms with Crippen LogP contribution in [0.2, 0.25) is 0 Å². The minimum absolute atomic E-state index is 0. The number of rotatable bonds is 7. The van der Waals surface area contributed by atoms with Crippen molar-refractivity contribution in [3.63, 3.8) is 0 Å². The van der Waals surface area contributed by atoms with Crippen LogP contribution in [0.25, 0.3) is 10.8 Å². The Labute approximate surface area is 184 Å². The van der Waals surface area contributed by atoms with Gasteiger partial charge in [0.05, 0.1) is 6.61 Å². The van der Waals surface area contributed by atoms with Gasteiger partial charge in [0.25, 0.3) is 0 Å². The molecule has 3 N–H and O–H groups in total. The largest absolute Gasteiger partial charge is 0.396 e. The molecule has 0 amide bonds. The van der Waals surface area contributed by atoms with Gasteiger partial charge in [0.2, 0.25) is 0 Å². The molecule has 0 aromatic heterocycles. The maximum atomic E-state index is 9.69. The van der Waals surface area contributed by atoms with Crippen molar-refractivity contribution < 1.29 is 5.11 Å². The second kappa shape index (κ2) is 11.7. The van der Waals surface area contributed by atoms with Crippen molar-refractivity contribution in [2.24, 2.45) is 4.99 Å². The van der Waals surface area contributed by atoms with Crippen molar-refractivity contribution >= 4 is 40.7 Å². The summed E-state index contributed by atoms with van der Waals surface area (Å²) in [5.41, 5.74) is 2.45. The number of aliphatic hydroxyl groups is 1. The van der Waals surface area contributed by atoms with Gasteiger partial charge in [-0.05, 0) is 28.3 Å². The number of nitrogens with one attached hydrogen (secondary N) is 2. The van der Waals surface area contributed by atoms with Crippen molar-refractivity contribution in [3.05, 3.63) is 83.9 Å². The number of guanidine groups is 1. The monoisotopic (exact) mass is 489 g/mol. The Morgan fingerprint density at radius 1 is 0.929 bits per heavy atom. The molecule has 0 radical (unpaired) electrons. The predicted octanol–water partition coefficient (Wildman–Crippen LogP) is 3.94. The molecule has 5 heteroatoms. The number of halogens is 1. The van der Waals surface area contributed by atoms with Crippen LogP contribution in [0, 0.1) is 0 Å². The highest BCUT2D eigenvalue weighted by atomic mass is 127. The normalized spacial score (nSPS) is 12.3. The van der Waals surface area contributed by atoms with Crippen molar-refractivity contribution in [2.75, 3.05) is 26.7 Å². The van der Waals surface area contributed by atoms with Gasteiger partial charge in [0, 0.05) is 26.1 Å². The van der Waals surface area contributed by atoms with Gasteiger partial charge >= 0.3 is 0 Å². The highest BCUT2D eigenvalue weighted by Crippen LogP contribution is 2.18. The third-order valence-electron chi connectivity index (χ3n) is 4.80. The molecular weight excluding hydrogens is 461 g/mol. The van der Waals surface area contributed by atoms with Crippen LogP contribution in [0.4, 0.5) is 0 Å². The van der Waals surface area contributed by atoms with Gasteiger partial charge in [0.1, 0.15) is 0 Å². The Morgan fingerprint density at radius 3 is 2.39 bits per heavy atom. The standard InChI is InChI=1S/C23H27N3O.HI/c1-24-23(26-16-21(17-27)18-8-3-2-4-9-18)25-15-14-20-12-7-11-19-10-5-6-13-22(19)20;/h2-13,21,27H,14-17H2,1H3,(H2,24,25,26);1H. The van der Waals surface area contributed by atoms with Crippen LogP contribution in [-0.2, 0) is 6.42 Å². The Morgan fingerprint density at radius 2 is 1.64 bits per heavy atom. The van der Waals surface area contributed by atoms with Crippen molar-refractivity contribution in [1.29, 1.82) is 0 Å². The third kappa shape index (κ3) is 5.94. The summed E-state index contributed by atoms with van der Waals surface area (Å²) in [7, 11) is 1.77. The highest BCUT2D eigenvalue weighted by molar-refractivity contribution is 14.0. The van der Waals surface area contributed by atoms with Crippen molar-refractivity contribution in [1.82, 2.24) is 10.6 Å². The molecule has 0 spiro atoms. The van der Waals surface area contributed by atoms with Gasteiger partial charge in [-0.1, -0.05) is 72.8 Å². The molecule has 4 nitrogen and oxygen atoms in total. The lowest BCUT2D eigenvalue weighted by Crippen LogP contribution is -2.40. The van der Waals surface area contributed by atoms with E-state index < -0.39 is 0 Å². The van der Waals surface area contributed by atoms with Gasteiger partial charge in [-0.25, -0.2) is 0 Å². The minimum Gasteiger partial charge on any atom is -0.396 e. The first-order valence-corrected chi connectivity index (χ1v) is 9.38. The summed E-state index contributed by atoms with van der Waals surface area (Å²) in [4.78, 5) is 4.29. The summed E-state index contributed by atoms with van der Waals surface area (Å²) in [5.74, 6) is 0.799. The van der Waals surface area contributed by atoms with Gasteiger partial charge in [-0.2, -0.15) is 0 Å². The van der Waals surface area contributed by atoms with Crippen LogP contribution in [0.1, 0.15) is 17.0 Å². The first kappa shape index (κ1) is 22.2. The fourth-order valence-electron chi connectivity index (χ4n) is 3.28. The molecule has 3 rings (SSSR count). The van der Waals surface area contributed by atoms with Crippen LogP contribution in [0.3, 0.4) is 0 Å². The first-order chi connectivity index (χ1) is 13.3. The zero-order valence-corrected chi connectivity index (χ0v) is 18.5. The maximum absolute atomic E-state index is 9.69. The number of benzene rings is 3. The summed E-state index contributed by atoms with van der Waals surface area (Å²) in [6.45, 7) is 1.53. The van der Waals surface area contributed by atoms with E-state index in [1.54, 1.807) is 7.05 Å². The number of aliphatic imine (C=N–C) groups is 1. The number of hydrogen-bond donors (Lipinski definition) is 3. The quantitative estimate of drug-likeness (QED) is 0.268. The molecule has 3 aromatic rings. The Balaban J connectivity index is 0.00000280. The fraction of sp³-hybridized carbons (Fsp3) is 0.261. The van der Waals surface area contributed by atoms with E-state index >= 15 is 0 Å². The molecule has 148 valence electrons. The third-order valence-corrected chi connectivity index (χ3v) is 4.80. The van der Waals surface area contributed by atoms with Gasteiger partial charge < -0.3 is 15.7 Å². The number of nitrogens with zero attached hydrogens (tertiary/aromatic N) is 1. The van der Waals surface area contributed by atoms with E-state index in [0.29, 0.717) is 6.54 Å². The van der Waals surface area contributed by atoms with Crippen LogP contribution in [0.5, 0.6) is 0 Å². The summed E-state index contributed by atoms with van der Waals surface area (Å²) < 4.78 is 0. The lowest BCUT2D eigenvalue weighted by molar-refractivity contribution is 0.265. The minimum atomic E-state index is 0. The SMILES string of the molecule is CN=C(NCCc1cccc2ccccc12)NCC(CO)c1ccccc1.I. The summed E-state index contributed by atoms with van der Waals surface area (Å²) in [5, 5.41) is 19.0. The molecule has 0 saturated heterocycles. The highest BCUT2D eigenvalue weighted by Gasteiger charge is 2.10. The van der Waals surface area contributed by atoms with E-state index in [0.717, 1.165) is 24.5 Å². The zero-order chi connectivity index (χ0) is 18.9. The average molecular weight is 489 g/mol. The Bertz CT molecular complexity index is 878. The Kier molecular flexibility index (Phi) is 9.23. The summed E-state index contributed by atoms with van der Waals surface area (Å²) in [6, 6.07) is 25.0. The molecule has 28 heavy (non-hydrogen) atoms. The maximum Gasteiger partial charge on any atom is 0.191 e. The number of aliphatic hydroxyl groups excluding tert-OH is 1. The molecule has 0 fully saturated rings. The van der Waals surface area contributed by atoms with E-state index in [1.807, 2.05) is 30.3 Å². The molecule has 3 aromatic carbocycles. The molecular formula is C23H28IN3O. The van der Waals surface area contributed by atoms with Crippen LogP contribution in [-0.4, -0.2) is 37.8 Å². The molecule has 1 unspecified atom stereocenters. The van der Waals surface area contributed by atoms with Crippen molar-refractivity contribution in [3.8, 4) is 0 Å². The molecule has 1 atom stereocenters. The van der Waals surface area contributed by atoms with E-state index in [9.17, 15) is 5.11 Å². The average Bonchev–Trinajstić information content (AvgIpc) is 2.73. The second-order valence-electron chi connectivity index (χ2n) is 6.56. The lowest BCUT2D eigenvalue weighted by Gasteiger charge is -2.18. The Hall–Kier alpha value is -2.12. The molecule has 0 aliphatic heterocycles. The van der Waals surface area contributed by atoms with E-state index in [4.69, 9.17) is 0 Å². The van der Waals surface area contributed by atoms with Crippen LogP contribution in [0.15, 0.2) is 77.8 Å². The number of fused-ring (bicyclic) bond motifs is 1. The zero-order valence-electron chi connectivity index (χ0n) is 16.1. The van der Waals surface area contributed by atoms with Crippen LogP contribution >= 0.6 is 24.0 Å². The predicted molar refractivity (Wildman–Crippen MR) is 129 cm³/mol. The van der Waals surface area contributed by atoms with Crippen LogP contribution < -0.4 is 10.6 Å². The van der Waals surface area contributed by atoms with E-state index in [-0.39, 0.29) is 36.5 Å². The summed E-state index contributed by atoms with van der Waals surface area (Å²) >= 11 is 0. The first-order valence-electron chi connectivity index (χ1n) is 9.38. The fourth-order valence-corrected chi connectivity index (χ4v) is 3.28. The van der Waals surface area contributed by atoms with Gasteiger partial charge in [0.15, 0.2) is 5.96 Å². The van der Waals surface area contributed by atoms with E-state index in [1.165, 1.54) is 16.3 Å². The van der Waals surface area contributed by atoms with Gasteiger partial charge in [-0.3, -0.25) is 4.99 Å². The second-order valence-corrected chi connectivity index (χ2v) is 6.56. The topological polar surface area (TPSA) is 56.7 Å². The number of hydrogen-bond acceptors (Lipinski definition) is 2. The van der Waals surface area contributed by atoms with Gasteiger partial charge in [-0.15, -0.1) is 24.0 Å². The molecule has 0 bridgehead atoms. The molecule has 0 saturated carbocycles. The molecule has 0 aliphatic carbocycles. The van der Waals surface area contributed by atoms with Crippen molar-refractivity contribution in [2.45, 2.75) is 12.3 Å². The summed E-state index contributed by atoms with van der Waals surface area (Å²) in [6.07, 6.45) is 0.921. The lowest BCUT2D eigenvalue weighted by atomic mass is 10.0.